The van der Waals surface area contributed by atoms with Gasteiger partial charge in [-0.3, -0.25) is 4.79 Å². The summed E-state index contributed by atoms with van der Waals surface area (Å²) in [6, 6.07) is 9.52. The fourth-order valence-corrected chi connectivity index (χ4v) is 3.67. The number of esters is 1. The van der Waals surface area contributed by atoms with E-state index in [9.17, 15) is 14.4 Å². The van der Waals surface area contributed by atoms with Crippen molar-refractivity contribution in [2.75, 3.05) is 19.7 Å². The minimum atomic E-state index is -1.18. The molecule has 3 rings (SSSR count). The summed E-state index contributed by atoms with van der Waals surface area (Å²) < 4.78 is 10.5. The van der Waals surface area contributed by atoms with Crippen LogP contribution in [0.4, 0.5) is 4.79 Å². The molecule has 0 aliphatic carbocycles. The molecule has 8 heteroatoms. The summed E-state index contributed by atoms with van der Waals surface area (Å²) >= 11 is 0. The molecule has 0 saturated carbocycles. The molecule has 1 aromatic rings. The number of alkyl carbamates (subject to hydrolysis) is 1. The first-order valence-electron chi connectivity index (χ1n) is 10.1. The van der Waals surface area contributed by atoms with Gasteiger partial charge >= 0.3 is 12.1 Å². The van der Waals surface area contributed by atoms with E-state index in [1.54, 1.807) is 32.7 Å². The summed E-state index contributed by atoms with van der Waals surface area (Å²) in [5.41, 5.74) is -0.533. The van der Waals surface area contributed by atoms with E-state index in [-0.39, 0.29) is 12.5 Å². The Bertz CT molecular complexity index is 846. The van der Waals surface area contributed by atoms with Gasteiger partial charge in [-0.15, -0.1) is 0 Å². The highest BCUT2D eigenvalue weighted by Crippen LogP contribution is 2.31. The van der Waals surface area contributed by atoms with Gasteiger partial charge in [0, 0.05) is 19.2 Å². The Morgan fingerprint density at radius 1 is 1.20 bits per heavy atom. The van der Waals surface area contributed by atoms with Crippen LogP contribution in [0.3, 0.4) is 0 Å². The molecular weight excluding hydrogens is 386 g/mol. The van der Waals surface area contributed by atoms with E-state index >= 15 is 0 Å². The molecule has 1 N–H and O–H groups in total. The van der Waals surface area contributed by atoms with Crippen molar-refractivity contribution in [3.63, 3.8) is 0 Å². The minimum absolute atomic E-state index is 0.266. The first-order chi connectivity index (χ1) is 14.1. The number of rotatable bonds is 5. The van der Waals surface area contributed by atoms with Crippen LogP contribution in [0.5, 0.6) is 0 Å². The summed E-state index contributed by atoms with van der Waals surface area (Å²) in [7, 11) is 0. The number of fused-ring (bicyclic) bond motifs is 1. The SMILES string of the molecule is CCOC(=O)C1=CN2C(=O)C(Cc3ccccc3)(NC(=O)OC(C)(C)C)CCN2C1. The fraction of sp³-hybridized carbons (Fsp3) is 0.500. The molecule has 0 aromatic heterocycles. The van der Waals surface area contributed by atoms with Gasteiger partial charge in [0.15, 0.2) is 0 Å². The molecular formula is C22H29N3O5. The lowest BCUT2D eigenvalue weighted by molar-refractivity contribution is -0.155. The van der Waals surface area contributed by atoms with Crippen molar-refractivity contribution in [1.29, 1.82) is 0 Å². The van der Waals surface area contributed by atoms with Crippen LogP contribution in [0, 0.1) is 0 Å². The maximum atomic E-state index is 13.6. The van der Waals surface area contributed by atoms with Gasteiger partial charge in [0.2, 0.25) is 0 Å². The van der Waals surface area contributed by atoms with Crippen molar-refractivity contribution < 1.29 is 23.9 Å². The molecule has 1 fully saturated rings. The van der Waals surface area contributed by atoms with E-state index in [4.69, 9.17) is 9.47 Å². The van der Waals surface area contributed by atoms with Crippen molar-refractivity contribution in [2.45, 2.75) is 51.7 Å². The number of amides is 2. The van der Waals surface area contributed by atoms with Gasteiger partial charge in [-0.2, -0.15) is 0 Å². The summed E-state index contributed by atoms with van der Waals surface area (Å²) in [5.74, 6) is -0.740. The van der Waals surface area contributed by atoms with Gasteiger partial charge in [0.05, 0.1) is 18.7 Å². The molecule has 0 radical (unpaired) electrons. The number of nitrogens with zero attached hydrogens (tertiary/aromatic N) is 2. The number of hydrazine groups is 1. The van der Waals surface area contributed by atoms with Crippen LogP contribution in [-0.4, -0.2) is 58.8 Å². The summed E-state index contributed by atoms with van der Waals surface area (Å²) in [6.07, 6.45) is 1.57. The molecule has 162 valence electrons. The molecule has 30 heavy (non-hydrogen) atoms. The van der Waals surface area contributed by atoms with E-state index < -0.39 is 23.2 Å². The molecule has 1 unspecified atom stereocenters. The Hall–Kier alpha value is -2.87. The van der Waals surface area contributed by atoms with E-state index in [0.717, 1.165) is 5.56 Å². The highest BCUT2D eigenvalue weighted by molar-refractivity contribution is 5.95. The second kappa shape index (κ2) is 8.47. The van der Waals surface area contributed by atoms with Crippen LogP contribution in [0.15, 0.2) is 42.1 Å². The number of benzene rings is 1. The molecule has 1 atom stereocenters. The minimum Gasteiger partial charge on any atom is -0.463 e. The Morgan fingerprint density at radius 3 is 2.53 bits per heavy atom. The van der Waals surface area contributed by atoms with Crippen LogP contribution < -0.4 is 5.32 Å². The lowest BCUT2D eigenvalue weighted by Gasteiger charge is -2.44. The van der Waals surface area contributed by atoms with E-state index in [2.05, 4.69) is 5.32 Å². The van der Waals surface area contributed by atoms with Gasteiger partial charge in [0.1, 0.15) is 11.1 Å². The van der Waals surface area contributed by atoms with Crippen molar-refractivity contribution in [3.05, 3.63) is 47.7 Å². The monoisotopic (exact) mass is 415 g/mol. The number of hydrogen-bond acceptors (Lipinski definition) is 6. The van der Waals surface area contributed by atoms with Gasteiger partial charge in [-0.05, 0) is 39.7 Å². The highest BCUT2D eigenvalue weighted by Gasteiger charge is 2.50. The van der Waals surface area contributed by atoms with Gasteiger partial charge in [-0.25, -0.2) is 19.6 Å². The molecule has 2 amide bonds. The number of hydrogen-bond donors (Lipinski definition) is 1. The predicted octanol–water partition coefficient (Wildman–Crippen LogP) is 2.40. The molecule has 1 saturated heterocycles. The van der Waals surface area contributed by atoms with Crippen LogP contribution in [0.1, 0.15) is 39.7 Å². The highest BCUT2D eigenvalue weighted by atomic mass is 16.6. The fourth-order valence-electron chi connectivity index (χ4n) is 3.67. The van der Waals surface area contributed by atoms with Crippen molar-refractivity contribution in [3.8, 4) is 0 Å². The van der Waals surface area contributed by atoms with Crippen molar-refractivity contribution >= 4 is 18.0 Å². The lowest BCUT2D eigenvalue weighted by Crippen LogP contribution is -2.67. The second-order valence-corrected chi connectivity index (χ2v) is 8.53. The van der Waals surface area contributed by atoms with E-state index in [0.29, 0.717) is 31.5 Å². The number of ether oxygens (including phenoxy) is 2. The molecule has 2 aliphatic heterocycles. The van der Waals surface area contributed by atoms with Crippen LogP contribution in [0.2, 0.25) is 0 Å². The zero-order valence-corrected chi connectivity index (χ0v) is 17.9. The lowest BCUT2D eigenvalue weighted by atomic mass is 9.85. The quantitative estimate of drug-likeness (QED) is 0.743. The Labute approximate surface area is 176 Å². The van der Waals surface area contributed by atoms with Crippen molar-refractivity contribution in [1.82, 2.24) is 15.3 Å². The van der Waals surface area contributed by atoms with Gasteiger partial charge in [0.25, 0.3) is 5.91 Å². The van der Waals surface area contributed by atoms with Crippen molar-refractivity contribution in [2.24, 2.45) is 0 Å². The average Bonchev–Trinajstić information content (AvgIpc) is 3.09. The Kier molecular flexibility index (Phi) is 6.17. The van der Waals surface area contributed by atoms with Crippen LogP contribution in [0.25, 0.3) is 0 Å². The second-order valence-electron chi connectivity index (χ2n) is 8.53. The maximum Gasteiger partial charge on any atom is 0.408 e. The van der Waals surface area contributed by atoms with Crippen LogP contribution >= 0.6 is 0 Å². The third-order valence-corrected chi connectivity index (χ3v) is 4.98. The van der Waals surface area contributed by atoms with E-state index in [1.165, 1.54) is 11.2 Å². The average molecular weight is 415 g/mol. The topological polar surface area (TPSA) is 88.2 Å². The third-order valence-electron chi connectivity index (χ3n) is 4.98. The maximum absolute atomic E-state index is 13.6. The summed E-state index contributed by atoms with van der Waals surface area (Å²) in [4.78, 5) is 38.3. The molecule has 1 aromatic carbocycles. The zero-order chi connectivity index (χ0) is 21.9. The molecule has 0 bridgehead atoms. The van der Waals surface area contributed by atoms with Crippen LogP contribution in [-0.2, 0) is 25.5 Å². The third kappa shape index (κ3) is 4.81. The normalized spacial score (nSPS) is 21.7. The molecule has 0 spiro atoms. The summed E-state index contributed by atoms with van der Waals surface area (Å²) in [5, 5.41) is 6.06. The smallest absolute Gasteiger partial charge is 0.408 e. The number of carbonyl (C=O) groups excluding carboxylic acids is 3. The molecule has 2 heterocycles. The first-order valence-corrected chi connectivity index (χ1v) is 10.1. The molecule has 2 aliphatic rings. The van der Waals surface area contributed by atoms with Gasteiger partial charge < -0.3 is 14.8 Å². The first kappa shape index (κ1) is 21.8. The number of nitrogens with one attached hydrogen (secondary N) is 1. The van der Waals surface area contributed by atoms with E-state index in [1.807, 2.05) is 30.3 Å². The largest absolute Gasteiger partial charge is 0.463 e. The number of carbonyl (C=O) groups is 3. The zero-order valence-electron chi connectivity index (χ0n) is 17.9. The summed E-state index contributed by atoms with van der Waals surface area (Å²) in [6.45, 7) is 8.12. The predicted molar refractivity (Wildman–Crippen MR) is 110 cm³/mol. The standard InChI is InChI=1S/C22H29N3O5/c1-5-29-18(26)17-14-24-12-11-22(19(27)25(24)15-17,13-16-9-7-6-8-10-16)23-20(28)30-21(2,3)4/h6-10,15H,5,11-14H2,1-4H3,(H,23,28). The van der Waals surface area contributed by atoms with Gasteiger partial charge in [-0.1, -0.05) is 30.3 Å². The Morgan fingerprint density at radius 2 is 1.90 bits per heavy atom. The molecule has 8 nitrogen and oxygen atoms in total. The Balaban J connectivity index is 1.89.